The summed E-state index contributed by atoms with van der Waals surface area (Å²) in [5.41, 5.74) is 5.75. The number of fused-ring (bicyclic) bond motifs is 1. The first-order valence-corrected chi connectivity index (χ1v) is 18.2. The van der Waals surface area contributed by atoms with Crippen LogP contribution < -0.4 is 36.3 Å². The fourth-order valence-corrected chi connectivity index (χ4v) is 7.55. The quantitative estimate of drug-likeness (QED) is 0.128. The van der Waals surface area contributed by atoms with Crippen LogP contribution in [0.25, 0.3) is 39.2 Å². The summed E-state index contributed by atoms with van der Waals surface area (Å²) >= 11 is 14.2. The van der Waals surface area contributed by atoms with Gasteiger partial charge in [0.15, 0.2) is 0 Å². The Morgan fingerprint density at radius 3 is 1.98 bits per heavy atom. The van der Waals surface area contributed by atoms with Crippen molar-refractivity contribution >= 4 is 40.7 Å². The molecular weight excluding hydrogens is 717 g/mol. The monoisotopic (exact) mass is 755 g/mol. The Labute approximate surface area is 316 Å². The number of hydrogen-bond acceptors (Lipinski definition) is 9. The Morgan fingerprint density at radius 2 is 1.36 bits per heavy atom. The van der Waals surface area contributed by atoms with Gasteiger partial charge in [0.25, 0.3) is 5.56 Å². The SMILES string of the molecule is COc1nc(-c2cccc(-c3cccc(-c4ccn5c(=O)c(CNC[C@@H]6CCC(=O)N6)c(OC)nc5c4)c3Cl)c2Cl)ccc1CNC[C@H]1CCC(=O)N1. The molecule has 0 saturated carbocycles. The van der Waals surface area contributed by atoms with E-state index >= 15 is 0 Å². The van der Waals surface area contributed by atoms with Gasteiger partial charge in [-0.3, -0.25) is 18.8 Å². The molecule has 12 nitrogen and oxygen atoms in total. The predicted molar refractivity (Wildman–Crippen MR) is 204 cm³/mol. The molecule has 0 bridgehead atoms. The second kappa shape index (κ2) is 15.9. The first-order valence-electron chi connectivity index (χ1n) is 17.5. The van der Waals surface area contributed by atoms with Crippen LogP contribution in [0.2, 0.25) is 10.0 Å². The van der Waals surface area contributed by atoms with Gasteiger partial charge in [-0.2, -0.15) is 4.98 Å². The van der Waals surface area contributed by atoms with E-state index in [4.69, 9.17) is 37.7 Å². The molecule has 2 fully saturated rings. The molecule has 2 atom stereocenters. The van der Waals surface area contributed by atoms with Crippen LogP contribution in [-0.4, -0.2) is 65.6 Å². The van der Waals surface area contributed by atoms with Gasteiger partial charge in [-0.25, -0.2) is 4.98 Å². The Bertz CT molecular complexity index is 2260. The molecule has 0 aliphatic carbocycles. The number of aromatic nitrogens is 3. The summed E-state index contributed by atoms with van der Waals surface area (Å²) in [7, 11) is 3.07. The van der Waals surface area contributed by atoms with Gasteiger partial charge >= 0.3 is 0 Å². The number of halogens is 2. The number of carbonyl (C=O) groups is 2. The van der Waals surface area contributed by atoms with Crippen molar-refractivity contribution in [3.63, 3.8) is 0 Å². The number of rotatable bonds is 13. The molecule has 2 aliphatic rings. The van der Waals surface area contributed by atoms with E-state index in [-0.39, 0.29) is 41.9 Å². The lowest BCUT2D eigenvalue weighted by atomic mass is 9.97. The van der Waals surface area contributed by atoms with E-state index in [1.54, 1.807) is 19.4 Å². The summed E-state index contributed by atoms with van der Waals surface area (Å²) in [5.74, 6) is 0.839. The molecule has 0 unspecified atom stereocenters. The van der Waals surface area contributed by atoms with Crippen LogP contribution in [-0.2, 0) is 22.7 Å². The zero-order valence-corrected chi connectivity index (χ0v) is 30.8. The number of nitrogens with one attached hydrogen (secondary N) is 4. The minimum absolute atomic E-state index is 0.0321. The van der Waals surface area contributed by atoms with Gasteiger partial charge in [-0.1, -0.05) is 65.7 Å². The van der Waals surface area contributed by atoms with Crippen LogP contribution in [0.5, 0.6) is 11.8 Å². The van der Waals surface area contributed by atoms with Gasteiger partial charge in [0.1, 0.15) is 5.65 Å². The summed E-state index contributed by atoms with van der Waals surface area (Å²) in [6, 6.07) is 19.1. The van der Waals surface area contributed by atoms with Crippen molar-refractivity contribution in [2.45, 2.75) is 50.9 Å². The summed E-state index contributed by atoms with van der Waals surface area (Å²) in [4.78, 5) is 46.1. The normalized spacial score (nSPS) is 16.9. The van der Waals surface area contributed by atoms with Crippen molar-refractivity contribution in [3.8, 4) is 45.3 Å². The largest absolute Gasteiger partial charge is 0.481 e. The van der Waals surface area contributed by atoms with E-state index in [0.29, 0.717) is 65.3 Å². The highest BCUT2D eigenvalue weighted by Gasteiger charge is 2.23. The maximum absolute atomic E-state index is 13.6. The van der Waals surface area contributed by atoms with E-state index in [9.17, 15) is 14.4 Å². The number of nitrogens with zero attached hydrogens (tertiary/aromatic N) is 3. The van der Waals surface area contributed by atoms with Crippen molar-refractivity contribution in [3.05, 3.63) is 98.4 Å². The highest BCUT2D eigenvalue weighted by Crippen LogP contribution is 2.42. The molecule has 5 aromatic rings. The molecule has 2 saturated heterocycles. The molecule has 0 radical (unpaired) electrons. The highest BCUT2D eigenvalue weighted by molar-refractivity contribution is 6.39. The minimum atomic E-state index is -0.251. The number of benzene rings is 2. The summed E-state index contributed by atoms with van der Waals surface area (Å²) in [5, 5.41) is 13.5. The third-order valence-corrected chi connectivity index (χ3v) is 10.5. The van der Waals surface area contributed by atoms with E-state index in [2.05, 4.69) is 26.3 Å². The average Bonchev–Trinajstić information content (AvgIpc) is 3.79. The molecule has 5 heterocycles. The first kappa shape index (κ1) is 36.4. The Kier molecular flexibility index (Phi) is 10.9. The molecule has 7 rings (SSSR count). The maximum Gasteiger partial charge on any atom is 0.266 e. The summed E-state index contributed by atoms with van der Waals surface area (Å²) < 4.78 is 12.7. The third kappa shape index (κ3) is 7.72. The molecule has 2 amide bonds. The fraction of sp³-hybridized carbons (Fsp3) is 0.308. The molecule has 3 aromatic heterocycles. The molecule has 2 aromatic carbocycles. The van der Waals surface area contributed by atoms with Gasteiger partial charge in [0.2, 0.25) is 23.6 Å². The molecular formula is C39H39Cl2N7O5. The van der Waals surface area contributed by atoms with Gasteiger partial charge in [-0.15, -0.1) is 0 Å². The second-order valence-corrected chi connectivity index (χ2v) is 13.9. The van der Waals surface area contributed by atoms with Gasteiger partial charge < -0.3 is 30.7 Å². The van der Waals surface area contributed by atoms with Crippen molar-refractivity contribution in [2.75, 3.05) is 27.3 Å². The summed E-state index contributed by atoms with van der Waals surface area (Å²) in [6.45, 7) is 1.98. The third-order valence-electron chi connectivity index (χ3n) is 9.65. The second-order valence-electron chi connectivity index (χ2n) is 13.1. The van der Waals surface area contributed by atoms with E-state index < -0.39 is 0 Å². The molecule has 14 heteroatoms. The van der Waals surface area contributed by atoms with E-state index in [1.165, 1.54) is 11.5 Å². The predicted octanol–water partition coefficient (Wildman–Crippen LogP) is 5.15. The number of ether oxygens (including phenoxy) is 2. The topological polar surface area (TPSA) is 148 Å². The fourth-order valence-electron chi connectivity index (χ4n) is 6.89. The van der Waals surface area contributed by atoms with E-state index in [0.717, 1.165) is 46.2 Å². The van der Waals surface area contributed by atoms with Crippen LogP contribution in [0.4, 0.5) is 0 Å². The van der Waals surface area contributed by atoms with Crippen LogP contribution >= 0.6 is 23.2 Å². The zero-order valence-electron chi connectivity index (χ0n) is 29.3. The van der Waals surface area contributed by atoms with Gasteiger partial charge in [-0.05, 0) is 36.6 Å². The molecule has 0 spiro atoms. The Hall–Kier alpha value is -5.01. The minimum Gasteiger partial charge on any atom is -0.481 e. The first-order chi connectivity index (χ1) is 25.7. The number of pyridine rings is 2. The lowest BCUT2D eigenvalue weighted by Gasteiger charge is -2.16. The van der Waals surface area contributed by atoms with Gasteiger partial charge in [0, 0.05) is 85.1 Å². The Morgan fingerprint density at radius 1 is 0.755 bits per heavy atom. The molecule has 274 valence electrons. The van der Waals surface area contributed by atoms with Crippen LogP contribution in [0.3, 0.4) is 0 Å². The lowest BCUT2D eigenvalue weighted by Crippen LogP contribution is -2.36. The number of hydrogen-bond donors (Lipinski definition) is 4. The summed E-state index contributed by atoms with van der Waals surface area (Å²) in [6.07, 6.45) is 4.33. The van der Waals surface area contributed by atoms with Crippen molar-refractivity contribution < 1.29 is 19.1 Å². The van der Waals surface area contributed by atoms with E-state index in [1.807, 2.05) is 54.6 Å². The number of amides is 2. The molecule has 53 heavy (non-hydrogen) atoms. The highest BCUT2D eigenvalue weighted by atomic mass is 35.5. The van der Waals surface area contributed by atoms with Crippen molar-refractivity contribution in [2.24, 2.45) is 0 Å². The standard InChI is InChI=1S/C39H39Cl2N7O5/c1-52-37-23(18-42-19-24-10-13-33(49)44-24)9-12-31(46-37)29-8-4-7-28(36(29)41)27-6-3-5-26(35(27)40)22-15-16-48-32(17-22)47-38(53-2)30(39(48)51)21-43-20-25-11-14-34(50)45-25/h3-9,12,15-17,24-25,42-43H,10-11,13-14,18-21H2,1-2H3,(H,44,49)(H,45,50)/t24-,25+/m1/s1. The smallest absolute Gasteiger partial charge is 0.266 e. The van der Waals surface area contributed by atoms with Crippen LogP contribution in [0.15, 0.2) is 71.7 Å². The molecule has 2 aliphatic heterocycles. The van der Waals surface area contributed by atoms with Crippen LogP contribution in [0, 0.1) is 0 Å². The molecule has 4 N–H and O–H groups in total. The maximum atomic E-state index is 13.6. The number of methoxy groups -OCH3 is 2. The van der Waals surface area contributed by atoms with Crippen molar-refractivity contribution in [1.82, 2.24) is 35.6 Å². The Balaban J connectivity index is 1.13. The lowest BCUT2D eigenvalue weighted by molar-refractivity contribution is -0.120. The average molecular weight is 757 g/mol. The van der Waals surface area contributed by atoms with Crippen LogP contribution in [0.1, 0.15) is 36.8 Å². The number of carbonyl (C=O) groups excluding carboxylic acids is 2. The van der Waals surface area contributed by atoms with Gasteiger partial charge in [0.05, 0.1) is 35.5 Å². The van der Waals surface area contributed by atoms with Crippen molar-refractivity contribution in [1.29, 1.82) is 0 Å². The zero-order chi connectivity index (χ0) is 37.1.